The molecular weight excluding hydrogens is 520 g/mol. The molecule has 0 radical (unpaired) electrons. The van der Waals surface area contributed by atoms with Gasteiger partial charge in [-0.2, -0.15) is 0 Å². The highest BCUT2D eigenvalue weighted by molar-refractivity contribution is 5.79. The molecule has 1 aromatic carbocycles. The van der Waals surface area contributed by atoms with Crippen molar-refractivity contribution in [2.45, 2.75) is 70.3 Å². The van der Waals surface area contributed by atoms with Crippen LogP contribution < -0.4 is 4.74 Å². The van der Waals surface area contributed by atoms with Crippen molar-refractivity contribution in [3.63, 3.8) is 0 Å². The second-order valence-electron chi connectivity index (χ2n) is 13.2. The molecule has 228 valence electrons. The fraction of sp³-hybridized carbons (Fsp3) is 0.719. The van der Waals surface area contributed by atoms with Crippen LogP contribution in [0.1, 0.15) is 68.9 Å². The number of unbranched alkanes of at least 4 members (excludes halogenated alkanes) is 1. The maximum absolute atomic E-state index is 13.8. The number of benzene rings is 1. The zero-order valence-corrected chi connectivity index (χ0v) is 25.6. The lowest BCUT2D eigenvalue weighted by Gasteiger charge is -2.31. The van der Waals surface area contributed by atoms with Crippen molar-refractivity contribution in [2.24, 2.45) is 5.92 Å². The van der Waals surface area contributed by atoms with Gasteiger partial charge < -0.3 is 24.1 Å². The SMILES string of the molecule is CCCCN(CCC[N+](C)(C)C)C(=O)CN1C[C@H](c2ccc3c(c2)CCO3)C(C(=O)O)[C@@H]1CCCN1CCCC1=O. The Morgan fingerprint density at radius 2 is 1.90 bits per heavy atom. The first-order valence-electron chi connectivity index (χ1n) is 15.7. The zero-order chi connectivity index (χ0) is 29.6. The first kappa shape index (κ1) is 31.3. The van der Waals surface area contributed by atoms with Crippen LogP contribution in [0.15, 0.2) is 18.2 Å². The second kappa shape index (κ2) is 14.0. The smallest absolute Gasteiger partial charge is 0.308 e. The van der Waals surface area contributed by atoms with Crippen LogP contribution in [-0.2, 0) is 20.8 Å². The molecule has 3 heterocycles. The molecule has 2 amide bonds. The fourth-order valence-corrected chi connectivity index (χ4v) is 6.78. The number of rotatable bonds is 15. The summed E-state index contributed by atoms with van der Waals surface area (Å²) in [5.74, 6) is -0.456. The van der Waals surface area contributed by atoms with Gasteiger partial charge in [-0.25, -0.2) is 0 Å². The molecule has 1 aromatic rings. The highest BCUT2D eigenvalue weighted by Gasteiger charge is 2.47. The Kier molecular flexibility index (Phi) is 10.7. The quantitative estimate of drug-likeness (QED) is 0.325. The van der Waals surface area contributed by atoms with E-state index in [-0.39, 0.29) is 30.3 Å². The molecule has 3 atom stereocenters. The molecule has 0 bridgehead atoms. The topological polar surface area (TPSA) is 90.4 Å². The molecular formula is C32H51N4O5+. The van der Waals surface area contributed by atoms with E-state index in [9.17, 15) is 19.5 Å². The summed E-state index contributed by atoms with van der Waals surface area (Å²) in [6.07, 6.45) is 6.63. The number of carboxylic acids is 1. The Labute approximate surface area is 246 Å². The summed E-state index contributed by atoms with van der Waals surface area (Å²) in [7, 11) is 6.50. The number of hydrogen-bond acceptors (Lipinski definition) is 5. The molecule has 4 rings (SSSR count). The van der Waals surface area contributed by atoms with Gasteiger partial charge in [-0.1, -0.05) is 25.5 Å². The van der Waals surface area contributed by atoms with Crippen molar-refractivity contribution in [3.8, 4) is 5.75 Å². The predicted molar refractivity (Wildman–Crippen MR) is 159 cm³/mol. The zero-order valence-electron chi connectivity index (χ0n) is 25.6. The van der Waals surface area contributed by atoms with Gasteiger partial charge in [0.2, 0.25) is 11.8 Å². The first-order chi connectivity index (χ1) is 19.6. The van der Waals surface area contributed by atoms with Gasteiger partial charge in [0, 0.05) is 63.9 Å². The summed E-state index contributed by atoms with van der Waals surface area (Å²) in [5, 5.41) is 10.5. The molecule has 0 saturated carbocycles. The van der Waals surface area contributed by atoms with Gasteiger partial charge in [0.1, 0.15) is 5.75 Å². The number of nitrogens with zero attached hydrogens (tertiary/aromatic N) is 4. The molecule has 9 nitrogen and oxygen atoms in total. The minimum atomic E-state index is -0.810. The van der Waals surface area contributed by atoms with E-state index in [1.807, 2.05) is 21.9 Å². The van der Waals surface area contributed by atoms with Crippen LogP contribution in [-0.4, -0.2) is 122 Å². The van der Waals surface area contributed by atoms with Gasteiger partial charge >= 0.3 is 5.97 Å². The largest absolute Gasteiger partial charge is 0.493 e. The average Bonchev–Trinajstić information content (AvgIpc) is 3.64. The number of fused-ring (bicyclic) bond motifs is 1. The van der Waals surface area contributed by atoms with E-state index in [4.69, 9.17) is 4.74 Å². The van der Waals surface area contributed by atoms with Gasteiger partial charge in [0.25, 0.3) is 0 Å². The van der Waals surface area contributed by atoms with E-state index >= 15 is 0 Å². The lowest BCUT2D eigenvalue weighted by molar-refractivity contribution is -0.870. The lowest BCUT2D eigenvalue weighted by Crippen LogP contribution is -2.45. The molecule has 41 heavy (non-hydrogen) atoms. The fourth-order valence-electron chi connectivity index (χ4n) is 6.78. The Bertz CT molecular complexity index is 1070. The molecule has 1 N–H and O–H groups in total. The molecule has 0 aromatic heterocycles. The van der Waals surface area contributed by atoms with Crippen LogP contribution in [0.3, 0.4) is 0 Å². The summed E-state index contributed by atoms with van der Waals surface area (Å²) in [4.78, 5) is 44.8. The van der Waals surface area contributed by atoms with Crippen molar-refractivity contribution in [3.05, 3.63) is 29.3 Å². The Balaban J connectivity index is 1.52. The third kappa shape index (κ3) is 8.22. The number of ether oxygens (including phenoxy) is 1. The summed E-state index contributed by atoms with van der Waals surface area (Å²) in [6, 6.07) is 5.84. The monoisotopic (exact) mass is 571 g/mol. The minimum absolute atomic E-state index is 0.0896. The van der Waals surface area contributed by atoms with Crippen LogP contribution in [0.2, 0.25) is 0 Å². The number of quaternary nitrogens is 1. The van der Waals surface area contributed by atoms with Gasteiger partial charge in [-0.3, -0.25) is 19.3 Å². The van der Waals surface area contributed by atoms with Crippen molar-refractivity contribution in [1.82, 2.24) is 14.7 Å². The van der Waals surface area contributed by atoms with Crippen molar-refractivity contribution >= 4 is 17.8 Å². The summed E-state index contributed by atoms with van der Waals surface area (Å²) < 4.78 is 6.56. The molecule has 3 aliphatic rings. The van der Waals surface area contributed by atoms with Crippen LogP contribution >= 0.6 is 0 Å². The molecule has 0 spiro atoms. The number of hydrogen-bond donors (Lipinski definition) is 1. The summed E-state index contributed by atoms with van der Waals surface area (Å²) >= 11 is 0. The van der Waals surface area contributed by atoms with Crippen molar-refractivity contribution in [1.29, 1.82) is 0 Å². The molecule has 2 fully saturated rings. The Morgan fingerprint density at radius 1 is 1.12 bits per heavy atom. The predicted octanol–water partition coefficient (Wildman–Crippen LogP) is 3.22. The third-order valence-corrected chi connectivity index (χ3v) is 9.00. The van der Waals surface area contributed by atoms with E-state index < -0.39 is 11.9 Å². The first-order valence-corrected chi connectivity index (χ1v) is 15.7. The van der Waals surface area contributed by atoms with Gasteiger partial charge in [-0.05, 0) is 42.9 Å². The number of amides is 2. The molecule has 0 aliphatic carbocycles. The van der Waals surface area contributed by atoms with E-state index in [1.54, 1.807) is 0 Å². The second-order valence-corrected chi connectivity index (χ2v) is 13.2. The van der Waals surface area contributed by atoms with E-state index in [2.05, 4.69) is 39.0 Å². The summed E-state index contributed by atoms with van der Waals surface area (Å²) in [5.41, 5.74) is 2.15. The number of aliphatic carboxylic acids is 1. The Hall–Kier alpha value is -2.65. The Morgan fingerprint density at radius 3 is 2.59 bits per heavy atom. The number of likely N-dealkylation sites (tertiary alicyclic amines) is 2. The number of carbonyl (C=O) groups is 3. The third-order valence-electron chi connectivity index (χ3n) is 9.00. The average molecular weight is 572 g/mol. The maximum Gasteiger partial charge on any atom is 0.308 e. The molecule has 2 saturated heterocycles. The van der Waals surface area contributed by atoms with E-state index in [0.29, 0.717) is 32.5 Å². The molecule has 1 unspecified atom stereocenters. The van der Waals surface area contributed by atoms with Crippen molar-refractivity contribution in [2.75, 3.05) is 73.6 Å². The van der Waals surface area contributed by atoms with Gasteiger partial charge in [0.15, 0.2) is 0 Å². The molecule has 3 aliphatic heterocycles. The summed E-state index contributed by atoms with van der Waals surface area (Å²) in [6.45, 7) is 7.45. The maximum atomic E-state index is 13.8. The number of carboxylic acid groups (broad SMARTS) is 1. The van der Waals surface area contributed by atoms with Crippen LogP contribution in [0.25, 0.3) is 0 Å². The van der Waals surface area contributed by atoms with Crippen LogP contribution in [0.5, 0.6) is 5.75 Å². The van der Waals surface area contributed by atoms with Crippen LogP contribution in [0.4, 0.5) is 0 Å². The van der Waals surface area contributed by atoms with E-state index in [0.717, 1.165) is 86.1 Å². The standard InChI is InChI=1S/C32H50N4O5/c1-5-6-15-34(18-9-19-36(2,3)4)30(38)23-35-22-26(24-12-13-28-25(21-24)14-20-41-28)31(32(39)40)27(35)10-7-16-33-17-8-11-29(33)37/h12-13,21,26-27,31H,5-11,14-20,22-23H2,1-4H3/p+1/t26-,27+,31?/m1/s1. The van der Waals surface area contributed by atoms with Crippen molar-refractivity contribution < 1.29 is 28.7 Å². The highest BCUT2D eigenvalue weighted by atomic mass is 16.5. The highest BCUT2D eigenvalue weighted by Crippen LogP contribution is 2.41. The molecule has 9 heteroatoms. The van der Waals surface area contributed by atoms with Crippen LogP contribution in [0, 0.1) is 5.92 Å². The number of carbonyl (C=O) groups excluding carboxylic acids is 2. The van der Waals surface area contributed by atoms with E-state index in [1.165, 1.54) is 0 Å². The van der Waals surface area contributed by atoms with Gasteiger partial charge in [-0.15, -0.1) is 0 Å². The lowest BCUT2D eigenvalue weighted by atomic mass is 9.83. The minimum Gasteiger partial charge on any atom is -0.493 e. The van der Waals surface area contributed by atoms with Gasteiger partial charge in [0.05, 0.1) is 46.8 Å². The normalized spacial score (nSPS) is 22.7.